The highest BCUT2D eigenvalue weighted by Crippen LogP contribution is 2.44. The summed E-state index contributed by atoms with van der Waals surface area (Å²) in [6, 6.07) is 75.7. The predicted octanol–water partition coefficient (Wildman–Crippen LogP) is 14.7. The summed E-state index contributed by atoms with van der Waals surface area (Å²) in [7, 11) is 0. The Hall–Kier alpha value is -8.15. The molecular weight excluding hydrogens is 733 g/mol. The third kappa shape index (κ3) is 6.45. The first-order valence-electron chi connectivity index (χ1n) is 20.1. The molecule has 0 N–H and O–H groups in total. The van der Waals surface area contributed by atoms with Gasteiger partial charge in [-0.15, -0.1) is 0 Å². The van der Waals surface area contributed by atoms with Crippen LogP contribution in [0.1, 0.15) is 0 Å². The Morgan fingerprint density at radius 3 is 1.58 bits per heavy atom. The Morgan fingerprint density at radius 2 is 0.850 bits per heavy atom. The molecule has 5 heteroatoms. The Morgan fingerprint density at radius 1 is 0.333 bits per heavy atom. The molecule has 0 atom stereocenters. The summed E-state index contributed by atoms with van der Waals surface area (Å²) < 4.78 is 6.67. The van der Waals surface area contributed by atoms with Crippen LogP contribution >= 0.6 is 0 Å². The number of aromatic nitrogens is 3. The maximum Gasteiger partial charge on any atom is 0.164 e. The molecule has 0 spiro atoms. The second-order valence-corrected chi connectivity index (χ2v) is 14.8. The Labute approximate surface area is 347 Å². The second kappa shape index (κ2) is 15.0. The van der Waals surface area contributed by atoms with Crippen LogP contribution in [0.4, 0.5) is 17.1 Å². The van der Waals surface area contributed by atoms with Crippen LogP contribution < -0.4 is 4.90 Å². The number of benzene rings is 9. The number of hydrogen-bond acceptors (Lipinski definition) is 5. The quantitative estimate of drug-likeness (QED) is 0.154. The number of hydrogen-bond donors (Lipinski definition) is 0. The van der Waals surface area contributed by atoms with Gasteiger partial charge in [0, 0.05) is 33.5 Å². The van der Waals surface area contributed by atoms with Crippen LogP contribution in [0.25, 0.3) is 89.1 Å². The monoisotopic (exact) mass is 768 g/mol. The van der Waals surface area contributed by atoms with Crippen molar-refractivity contribution in [1.29, 1.82) is 0 Å². The van der Waals surface area contributed by atoms with Gasteiger partial charge in [0.2, 0.25) is 0 Å². The lowest BCUT2D eigenvalue weighted by Gasteiger charge is -2.26. The van der Waals surface area contributed by atoms with E-state index in [0.29, 0.717) is 17.5 Å². The van der Waals surface area contributed by atoms with Crippen molar-refractivity contribution in [3.05, 3.63) is 218 Å². The number of fused-ring (bicyclic) bond motifs is 4. The lowest BCUT2D eigenvalue weighted by molar-refractivity contribution is 0.669. The third-order valence-corrected chi connectivity index (χ3v) is 11.1. The number of para-hydroxylation sites is 1. The van der Waals surface area contributed by atoms with Gasteiger partial charge in [0.15, 0.2) is 17.5 Å². The molecule has 0 saturated heterocycles. The van der Waals surface area contributed by atoms with Crippen molar-refractivity contribution in [1.82, 2.24) is 15.0 Å². The highest BCUT2D eigenvalue weighted by molar-refractivity contribution is 6.14. The maximum absolute atomic E-state index is 6.67. The summed E-state index contributed by atoms with van der Waals surface area (Å²) in [5.41, 5.74) is 12.0. The minimum atomic E-state index is 0.573. The molecule has 0 aliphatic heterocycles. The summed E-state index contributed by atoms with van der Waals surface area (Å²) in [4.78, 5) is 17.4. The zero-order valence-electron chi connectivity index (χ0n) is 32.5. The normalized spacial score (nSPS) is 11.3. The predicted molar refractivity (Wildman–Crippen MR) is 246 cm³/mol. The molecule has 2 heterocycles. The summed E-state index contributed by atoms with van der Waals surface area (Å²) in [6.45, 7) is 0. The Kier molecular flexibility index (Phi) is 8.75. The fraction of sp³-hybridized carbons (Fsp3) is 0. The van der Waals surface area contributed by atoms with Crippen molar-refractivity contribution in [2.24, 2.45) is 0 Å². The summed E-state index contributed by atoms with van der Waals surface area (Å²) >= 11 is 0. The van der Waals surface area contributed by atoms with Gasteiger partial charge in [-0.3, -0.25) is 0 Å². The van der Waals surface area contributed by atoms with Crippen LogP contribution in [0.15, 0.2) is 223 Å². The smallest absolute Gasteiger partial charge is 0.164 e. The topological polar surface area (TPSA) is 55.1 Å². The highest BCUT2D eigenvalue weighted by atomic mass is 16.3. The van der Waals surface area contributed by atoms with Crippen molar-refractivity contribution < 1.29 is 4.42 Å². The van der Waals surface area contributed by atoms with Gasteiger partial charge < -0.3 is 9.32 Å². The number of anilines is 3. The standard InChI is InChI=1S/C55H36N4O/c1-4-14-37(15-5-1)38-30-33-45(34-31-38)59(44-20-8-3-9-21-44)49-24-13-25-50-52(49)48-35-32-43(36-51(48)60-50)55-57-53(41-17-6-2-7-18-41)56-54(58-55)42-28-26-40(27-29-42)47-23-12-19-39-16-10-11-22-46(39)47/h1-36H. The van der Waals surface area contributed by atoms with Gasteiger partial charge in [-0.25, -0.2) is 15.0 Å². The van der Waals surface area contributed by atoms with Gasteiger partial charge in [-0.2, -0.15) is 0 Å². The van der Waals surface area contributed by atoms with E-state index in [0.717, 1.165) is 61.3 Å². The SMILES string of the molecule is c1ccc(-c2ccc(N(c3ccccc3)c3cccc4oc5cc(-c6nc(-c7ccccc7)nc(-c7ccc(-c8cccc9ccccc89)cc7)n6)ccc5c34)cc2)cc1. The highest BCUT2D eigenvalue weighted by Gasteiger charge is 2.21. The lowest BCUT2D eigenvalue weighted by atomic mass is 9.97. The molecule has 0 aliphatic rings. The maximum atomic E-state index is 6.67. The molecule has 11 rings (SSSR count). The number of nitrogens with zero attached hydrogens (tertiary/aromatic N) is 4. The zero-order chi connectivity index (χ0) is 39.8. The fourth-order valence-electron chi connectivity index (χ4n) is 8.20. The van der Waals surface area contributed by atoms with E-state index in [1.165, 1.54) is 27.5 Å². The van der Waals surface area contributed by atoms with Gasteiger partial charge >= 0.3 is 0 Å². The van der Waals surface area contributed by atoms with Crippen LogP contribution in [-0.2, 0) is 0 Å². The summed E-state index contributed by atoms with van der Waals surface area (Å²) in [5, 5.41) is 4.48. The van der Waals surface area contributed by atoms with Crippen molar-refractivity contribution in [2.45, 2.75) is 0 Å². The van der Waals surface area contributed by atoms with Crippen molar-refractivity contribution >= 4 is 49.8 Å². The number of rotatable bonds is 8. The van der Waals surface area contributed by atoms with E-state index < -0.39 is 0 Å². The van der Waals surface area contributed by atoms with Gasteiger partial charge in [0.1, 0.15) is 11.2 Å². The molecular formula is C55H36N4O. The van der Waals surface area contributed by atoms with E-state index >= 15 is 0 Å². The first-order valence-corrected chi connectivity index (χ1v) is 20.1. The van der Waals surface area contributed by atoms with Crippen LogP contribution in [-0.4, -0.2) is 15.0 Å². The van der Waals surface area contributed by atoms with Gasteiger partial charge in [-0.05, 0) is 81.6 Å². The largest absolute Gasteiger partial charge is 0.456 e. The van der Waals surface area contributed by atoms with E-state index in [1.807, 2.05) is 48.5 Å². The van der Waals surface area contributed by atoms with Crippen LogP contribution in [0.5, 0.6) is 0 Å². The minimum absolute atomic E-state index is 0.573. The second-order valence-electron chi connectivity index (χ2n) is 14.8. The summed E-state index contributed by atoms with van der Waals surface area (Å²) in [5.74, 6) is 1.79. The van der Waals surface area contributed by atoms with E-state index in [9.17, 15) is 0 Å². The third-order valence-electron chi connectivity index (χ3n) is 11.1. The molecule has 0 fully saturated rings. The van der Waals surface area contributed by atoms with E-state index in [-0.39, 0.29) is 0 Å². The van der Waals surface area contributed by atoms with Crippen molar-refractivity contribution in [2.75, 3.05) is 4.90 Å². The van der Waals surface area contributed by atoms with Crippen LogP contribution in [0.2, 0.25) is 0 Å². The molecule has 0 bridgehead atoms. The van der Waals surface area contributed by atoms with E-state index in [1.54, 1.807) is 0 Å². The van der Waals surface area contributed by atoms with Gasteiger partial charge in [0.25, 0.3) is 0 Å². The zero-order valence-corrected chi connectivity index (χ0v) is 32.5. The minimum Gasteiger partial charge on any atom is -0.456 e. The average Bonchev–Trinajstić information content (AvgIpc) is 3.71. The molecule has 2 aromatic heterocycles. The van der Waals surface area contributed by atoms with E-state index in [2.05, 4.69) is 175 Å². The molecule has 0 unspecified atom stereocenters. The molecule has 11 aromatic rings. The van der Waals surface area contributed by atoms with Crippen molar-refractivity contribution in [3.8, 4) is 56.4 Å². The molecule has 9 aromatic carbocycles. The Bertz CT molecular complexity index is 3290. The molecule has 0 saturated carbocycles. The molecule has 60 heavy (non-hydrogen) atoms. The van der Waals surface area contributed by atoms with Gasteiger partial charge in [0.05, 0.1) is 11.1 Å². The Balaban J connectivity index is 1.01. The van der Waals surface area contributed by atoms with Gasteiger partial charge in [-0.1, -0.05) is 170 Å². The fourth-order valence-corrected chi connectivity index (χ4v) is 8.20. The average molecular weight is 769 g/mol. The molecule has 5 nitrogen and oxygen atoms in total. The molecule has 282 valence electrons. The van der Waals surface area contributed by atoms with Crippen LogP contribution in [0, 0.1) is 0 Å². The summed E-state index contributed by atoms with van der Waals surface area (Å²) in [6.07, 6.45) is 0. The van der Waals surface area contributed by atoms with E-state index in [4.69, 9.17) is 19.4 Å². The first kappa shape index (κ1) is 35.0. The molecule has 0 aliphatic carbocycles. The van der Waals surface area contributed by atoms with Crippen molar-refractivity contribution in [3.63, 3.8) is 0 Å². The molecule has 0 radical (unpaired) electrons. The molecule has 0 amide bonds. The number of furan rings is 1. The van der Waals surface area contributed by atoms with Crippen LogP contribution in [0.3, 0.4) is 0 Å². The lowest BCUT2D eigenvalue weighted by Crippen LogP contribution is -2.10. The first-order chi connectivity index (χ1) is 29.7.